The summed E-state index contributed by atoms with van der Waals surface area (Å²) >= 11 is 0.906. The van der Waals surface area contributed by atoms with E-state index < -0.39 is 23.3 Å². The zero-order chi connectivity index (χ0) is 14.7. The first-order valence-electron chi connectivity index (χ1n) is 5.69. The summed E-state index contributed by atoms with van der Waals surface area (Å²) in [6.07, 6.45) is 0.522. The highest BCUT2D eigenvalue weighted by Gasteiger charge is 2.20. The van der Waals surface area contributed by atoms with Crippen LogP contribution in [0.3, 0.4) is 0 Å². The Bertz CT molecular complexity index is 672. The number of aromatic carboxylic acids is 1. The molecule has 2 N–H and O–H groups in total. The molecule has 0 saturated heterocycles. The van der Waals surface area contributed by atoms with Crippen molar-refractivity contribution in [2.75, 3.05) is 5.32 Å². The highest BCUT2D eigenvalue weighted by Crippen LogP contribution is 2.21. The fourth-order valence-corrected chi connectivity index (χ4v) is 2.28. The van der Waals surface area contributed by atoms with Gasteiger partial charge in [-0.15, -0.1) is 5.10 Å². The number of nitrogens with zero attached hydrogens (tertiary/aromatic N) is 2. The first-order chi connectivity index (χ1) is 9.54. The first kappa shape index (κ1) is 14.1. The van der Waals surface area contributed by atoms with Gasteiger partial charge >= 0.3 is 5.97 Å². The minimum absolute atomic E-state index is 0.0991. The Morgan fingerprint density at radius 3 is 2.85 bits per heavy atom. The molecular formula is C12H10FN3O3S. The molecular weight excluding hydrogens is 285 g/mol. The third-order valence-electron chi connectivity index (χ3n) is 2.57. The van der Waals surface area contributed by atoms with Crippen molar-refractivity contribution < 1.29 is 19.1 Å². The molecule has 0 atom stereocenters. The molecule has 1 aromatic carbocycles. The number of halogens is 1. The molecule has 0 aliphatic heterocycles. The van der Waals surface area contributed by atoms with Crippen LogP contribution in [0.25, 0.3) is 0 Å². The van der Waals surface area contributed by atoms with Gasteiger partial charge in [-0.3, -0.25) is 4.79 Å². The van der Waals surface area contributed by atoms with Crippen LogP contribution in [0.2, 0.25) is 0 Å². The summed E-state index contributed by atoms with van der Waals surface area (Å²) in [5.74, 6) is -2.91. The quantitative estimate of drug-likeness (QED) is 0.902. The van der Waals surface area contributed by atoms with Gasteiger partial charge in [-0.1, -0.05) is 17.5 Å². The lowest BCUT2D eigenvalue weighted by molar-refractivity contribution is 0.0693. The average molecular weight is 295 g/mol. The number of amides is 1. The summed E-state index contributed by atoms with van der Waals surface area (Å²) in [7, 11) is 0. The molecule has 20 heavy (non-hydrogen) atoms. The summed E-state index contributed by atoms with van der Waals surface area (Å²) in [6, 6.07) is 3.67. The van der Waals surface area contributed by atoms with Crippen molar-refractivity contribution in [1.29, 1.82) is 0 Å². The van der Waals surface area contributed by atoms with Crippen molar-refractivity contribution in [2.24, 2.45) is 0 Å². The van der Waals surface area contributed by atoms with E-state index in [-0.39, 0.29) is 10.6 Å². The van der Waals surface area contributed by atoms with E-state index in [1.807, 2.05) is 6.92 Å². The molecule has 0 aliphatic carbocycles. The fraction of sp³-hybridized carbons (Fsp3) is 0.167. The number of carbonyl (C=O) groups excluding carboxylic acids is 1. The topological polar surface area (TPSA) is 92.2 Å². The molecule has 0 saturated carbocycles. The molecule has 104 valence electrons. The fourth-order valence-electron chi connectivity index (χ4n) is 1.64. The standard InChI is InChI=1S/C12H10FN3O3S/c1-2-7-10(20-16-15-7)11(17)14-8-5-3-4-6(13)9(8)12(18)19/h3-5H,2H2,1H3,(H,14,17)(H,18,19). The van der Waals surface area contributed by atoms with Crippen LogP contribution < -0.4 is 5.32 Å². The Morgan fingerprint density at radius 1 is 1.45 bits per heavy atom. The van der Waals surface area contributed by atoms with Crippen LogP contribution in [0.1, 0.15) is 32.6 Å². The maximum atomic E-state index is 13.5. The molecule has 1 heterocycles. The number of anilines is 1. The van der Waals surface area contributed by atoms with Gasteiger partial charge in [0, 0.05) is 0 Å². The smallest absolute Gasteiger partial charge is 0.340 e. The Balaban J connectivity index is 2.33. The van der Waals surface area contributed by atoms with E-state index in [2.05, 4.69) is 14.9 Å². The van der Waals surface area contributed by atoms with Crippen LogP contribution in [0, 0.1) is 5.82 Å². The number of carboxylic acid groups (broad SMARTS) is 1. The number of aryl methyl sites for hydroxylation is 1. The van der Waals surface area contributed by atoms with Gasteiger partial charge in [0.25, 0.3) is 5.91 Å². The molecule has 6 nitrogen and oxygen atoms in total. The average Bonchev–Trinajstić information content (AvgIpc) is 2.86. The van der Waals surface area contributed by atoms with Crippen LogP contribution in [0.15, 0.2) is 18.2 Å². The SMILES string of the molecule is CCc1nnsc1C(=O)Nc1cccc(F)c1C(=O)O. The second-order valence-corrected chi connectivity index (χ2v) is 4.58. The molecule has 8 heteroatoms. The van der Waals surface area contributed by atoms with Crippen molar-refractivity contribution in [3.63, 3.8) is 0 Å². The van der Waals surface area contributed by atoms with Crippen molar-refractivity contribution in [2.45, 2.75) is 13.3 Å². The monoisotopic (exact) mass is 295 g/mol. The molecule has 1 aromatic heterocycles. The molecule has 0 fully saturated rings. The van der Waals surface area contributed by atoms with Gasteiger partial charge in [0.2, 0.25) is 0 Å². The highest BCUT2D eigenvalue weighted by molar-refractivity contribution is 7.08. The summed E-state index contributed by atoms with van der Waals surface area (Å²) in [6.45, 7) is 1.82. The van der Waals surface area contributed by atoms with Crippen LogP contribution in [-0.2, 0) is 6.42 Å². The predicted octanol–water partition coefficient (Wildman–Crippen LogP) is 2.19. The number of carboxylic acids is 1. The van der Waals surface area contributed by atoms with Gasteiger partial charge in [-0.2, -0.15) is 0 Å². The van der Waals surface area contributed by atoms with Crippen LogP contribution >= 0.6 is 11.5 Å². The number of hydrogen-bond donors (Lipinski definition) is 2. The predicted molar refractivity (Wildman–Crippen MR) is 70.6 cm³/mol. The van der Waals surface area contributed by atoms with Crippen LogP contribution in [0.5, 0.6) is 0 Å². The lowest BCUT2D eigenvalue weighted by Crippen LogP contribution is -2.16. The van der Waals surface area contributed by atoms with E-state index in [4.69, 9.17) is 5.11 Å². The van der Waals surface area contributed by atoms with Gasteiger partial charge in [-0.25, -0.2) is 9.18 Å². The Labute approximate surface area is 117 Å². The molecule has 1 amide bonds. The van der Waals surface area contributed by atoms with Crippen molar-refractivity contribution in [3.05, 3.63) is 40.2 Å². The van der Waals surface area contributed by atoms with Crippen molar-refractivity contribution in [1.82, 2.24) is 9.59 Å². The maximum absolute atomic E-state index is 13.5. The Kier molecular flexibility index (Phi) is 4.04. The molecule has 2 aromatic rings. The zero-order valence-corrected chi connectivity index (χ0v) is 11.2. The summed E-state index contributed by atoms with van der Waals surface area (Å²) in [5.41, 5.74) is -0.157. The molecule has 0 radical (unpaired) electrons. The summed E-state index contributed by atoms with van der Waals surface area (Å²) in [5, 5.41) is 15.1. The second kappa shape index (κ2) is 5.74. The van der Waals surface area contributed by atoms with E-state index in [1.54, 1.807) is 0 Å². The summed E-state index contributed by atoms with van der Waals surface area (Å²) in [4.78, 5) is 23.4. The number of aromatic nitrogens is 2. The minimum Gasteiger partial charge on any atom is -0.478 e. The van der Waals surface area contributed by atoms with Gasteiger partial charge in [0.1, 0.15) is 16.3 Å². The van der Waals surface area contributed by atoms with Gasteiger partial charge in [-0.05, 0) is 30.1 Å². The lowest BCUT2D eigenvalue weighted by atomic mass is 10.1. The largest absolute Gasteiger partial charge is 0.478 e. The number of hydrogen-bond acceptors (Lipinski definition) is 5. The number of carbonyl (C=O) groups is 2. The maximum Gasteiger partial charge on any atom is 0.340 e. The number of rotatable bonds is 4. The van der Waals surface area contributed by atoms with Crippen molar-refractivity contribution >= 4 is 29.1 Å². The summed E-state index contributed by atoms with van der Waals surface area (Å²) < 4.78 is 17.2. The Hall–Kier alpha value is -2.35. The molecule has 0 spiro atoms. The van der Waals surface area contributed by atoms with E-state index in [9.17, 15) is 14.0 Å². The zero-order valence-electron chi connectivity index (χ0n) is 10.4. The normalized spacial score (nSPS) is 10.3. The minimum atomic E-state index is -1.45. The lowest BCUT2D eigenvalue weighted by Gasteiger charge is -2.08. The van der Waals surface area contributed by atoms with Gasteiger partial charge in [0.05, 0.1) is 11.4 Å². The van der Waals surface area contributed by atoms with Gasteiger partial charge in [0.15, 0.2) is 0 Å². The first-order valence-corrected chi connectivity index (χ1v) is 6.46. The van der Waals surface area contributed by atoms with E-state index in [0.29, 0.717) is 12.1 Å². The number of benzene rings is 1. The Morgan fingerprint density at radius 2 is 2.20 bits per heavy atom. The third kappa shape index (κ3) is 2.64. The molecule has 0 bridgehead atoms. The van der Waals surface area contributed by atoms with E-state index in [0.717, 1.165) is 17.6 Å². The van der Waals surface area contributed by atoms with Crippen molar-refractivity contribution in [3.8, 4) is 0 Å². The van der Waals surface area contributed by atoms with E-state index in [1.165, 1.54) is 12.1 Å². The highest BCUT2D eigenvalue weighted by atomic mass is 32.1. The number of nitrogens with one attached hydrogen (secondary N) is 1. The van der Waals surface area contributed by atoms with Crippen LogP contribution in [-0.4, -0.2) is 26.6 Å². The van der Waals surface area contributed by atoms with Crippen LogP contribution in [0.4, 0.5) is 10.1 Å². The molecule has 0 aliphatic rings. The van der Waals surface area contributed by atoms with Gasteiger partial charge < -0.3 is 10.4 Å². The molecule has 0 unspecified atom stereocenters. The van der Waals surface area contributed by atoms with E-state index >= 15 is 0 Å². The second-order valence-electron chi connectivity index (χ2n) is 3.82. The third-order valence-corrected chi connectivity index (χ3v) is 3.34. The molecule has 2 rings (SSSR count).